The fraction of sp³-hybridized carbons (Fsp3) is 0.485. The Labute approximate surface area is 264 Å². The first kappa shape index (κ1) is 30.9. The molecular weight excluding hydrogens is 572 g/mol. The molecule has 0 radical (unpaired) electrons. The molecule has 12 heteroatoms. The molecule has 3 amide bonds. The lowest BCUT2D eigenvalue weighted by atomic mass is 9.99. The lowest BCUT2D eigenvalue weighted by Crippen LogP contribution is -2.44. The maximum Gasteiger partial charge on any atom is 0.323 e. The van der Waals surface area contributed by atoms with Crippen molar-refractivity contribution in [2.45, 2.75) is 44.2 Å². The van der Waals surface area contributed by atoms with Crippen LogP contribution in [0.1, 0.15) is 48.3 Å². The van der Waals surface area contributed by atoms with Crippen molar-refractivity contribution in [3.8, 4) is 11.4 Å². The first-order valence-electron chi connectivity index (χ1n) is 15.8. The molecule has 3 fully saturated rings. The minimum Gasteiger partial charge on any atom is -0.381 e. The SMILES string of the molecule is CC1COCCN1c1nc(-c2ccc(NC(=O)Nc3ccc(C(=O)N4CCC(N(C)C)C4)cc3)cc2)nc(C2CCOCC2)n1. The zero-order valence-corrected chi connectivity index (χ0v) is 26.2. The van der Waals surface area contributed by atoms with E-state index in [0.29, 0.717) is 61.2 Å². The van der Waals surface area contributed by atoms with Crippen LogP contribution in [0.3, 0.4) is 0 Å². The first-order chi connectivity index (χ1) is 21.8. The van der Waals surface area contributed by atoms with Crippen LogP contribution in [0.4, 0.5) is 22.1 Å². The fourth-order valence-corrected chi connectivity index (χ4v) is 6.02. The van der Waals surface area contributed by atoms with Gasteiger partial charge in [-0.3, -0.25) is 4.79 Å². The molecule has 2 unspecified atom stereocenters. The van der Waals surface area contributed by atoms with Crippen LogP contribution in [-0.4, -0.2) is 109 Å². The third-order valence-electron chi connectivity index (χ3n) is 8.82. The highest BCUT2D eigenvalue weighted by Gasteiger charge is 2.28. The van der Waals surface area contributed by atoms with Crippen molar-refractivity contribution in [1.29, 1.82) is 0 Å². The number of carbonyl (C=O) groups excluding carboxylic acids is 2. The van der Waals surface area contributed by atoms with Crippen LogP contribution < -0.4 is 15.5 Å². The normalized spacial score (nSPS) is 20.8. The molecule has 6 rings (SSSR count). The van der Waals surface area contributed by atoms with Gasteiger partial charge in [0.2, 0.25) is 5.95 Å². The third-order valence-corrected chi connectivity index (χ3v) is 8.82. The van der Waals surface area contributed by atoms with Gasteiger partial charge in [-0.2, -0.15) is 9.97 Å². The highest BCUT2D eigenvalue weighted by molar-refractivity contribution is 6.00. The standard InChI is InChI=1S/C33H42N8O4/c1-22-21-45-19-16-41(22)32-37-29(36-30(38-32)24-13-17-44-18-14-24)23-4-8-26(9-5-23)34-33(43)35-27-10-6-25(7-11-27)31(42)40-15-12-28(20-40)39(2)3/h4-11,22,24,28H,12-21H2,1-3H3,(H2,34,35,43). The van der Waals surface area contributed by atoms with Gasteiger partial charge in [0.15, 0.2) is 5.82 Å². The summed E-state index contributed by atoms with van der Waals surface area (Å²) in [6, 6.07) is 14.7. The zero-order valence-electron chi connectivity index (χ0n) is 26.2. The lowest BCUT2D eigenvalue weighted by molar-refractivity contribution is 0.0783. The van der Waals surface area contributed by atoms with Gasteiger partial charge in [0.05, 0.1) is 19.3 Å². The van der Waals surface area contributed by atoms with Gasteiger partial charge in [-0.05, 0) is 88.8 Å². The Kier molecular flexibility index (Phi) is 9.53. The smallest absolute Gasteiger partial charge is 0.323 e. The molecule has 2 atom stereocenters. The number of hydrogen-bond acceptors (Lipinski definition) is 9. The molecule has 3 aromatic rings. The monoisotopic (exact) mass is 614 g/mol. The molecule has 2 aromatic carbocycles. The highest BCUT2D eigenvalue weighted by Crippen LogP contribution is 2.29. The van der Waals surface area contributed by atoms with E-state index in [-0.39, 0.29) is 23.9 Å². The Morgan fingerprint density at radius 2 is 1.53 bits per heavy atom. The number of nitrogens with one attached hydrogen (secondary N) is 2. The number of benzene rings is 2. The molecule has 0 spiro atoms. The number of rotatable bonds is 7. The summed E-state index contributed by atoms with van der Waals surface area (Å²) >= 11 is 0. The predicted octanol–water partition coefficient (Wildman–Crippen LogP) is 4.08. The van der Waals surface area contributed by atoms with E-state index in [1.807, 2.05) is 43.3 Å². The molecule has 3 aliphatic heterocycles. The highest BCUT2D eigenvalue weighted by atomic mass is 16.5. The molecule has 12 nitrogen and oxygen atoms in total. The Morgan fingerprint density at radius 3 is 2.18 bits per heavy atom. The summed E-state index contributed by atoms with van der Waals surface area (Å²) in [6.45, 7) is 7.00. The molecule has 3 saturated heterocycles. The number of urea groups is 1. The van der Waals surface area contributed by atoms with Crippen molar-refractivity contribution in [1.82, 2.24) is 24.8 Å². The van der Waals surface area contributed by atoms with E-state index in [1.165, 1.54) is 0 Å². The van der Waals surface area contributed by atoms with E-state index in [4.69, 9.17) is 24.4 Å². The molecule has 238 valence electrons. The topological polar surface area (TPSA) is 125 Å². The second kappa shape index (κ2) is 13.9. The number of anilines is 3. The zero-order chi connectivity index (χ0) is 31.3. The number of likely N-dealkylation sites (N-methyl/N-ethyl adjacent to an activating group) is 1. The largest absolute Gasteiger partial charge is 0.381 e. The molecule has 0 saturated carbocycles. The van der Waals surface area contributed by atoms with E-state index in [2.05, 4.69) is 27.4 Å². The molecule has 0 aliphatic carbocycles. The Bertz CT molecular complexity index is 1480. The predicted molar refractivity (Wildman–Crippen MR) is 173 cm³/mol. The van der Waals surface area contributed by atoms with Gasteiger partial charge in [0.1, 0.15) is 5.82 Å². The van der Waals surface area contributed by atoms with Crippen LogP contribution >= 0.6 is 0 Å². The number of likely N-dealkylation sites (tertiary alicyclic amines) is 1. The average molecular weight is 615 g/mol. The van der Waals surface area contributed by atoms with Crippen molar-refractivity contribution in [3.05, 3.63) is 59.9 Å². The fourth-order valence-electron chi connectivity index (χ4n) is 6.02. The van der Waals surface area contributed by atoms with Gasteiger partial charge in [0.25, 0.3) is 5.91 Å². The van der Waals surface area contributed by atoms with Crippen molar-refractivity contribution in [2.75, 3.05) is 75.7 Å². The van der Waals surface area contributed by atoms with Crippen LogP contribution in [0.15, 0.2) is 48.5 Å². The molecule has 1 aromatic heterocycles. The van der Waals surface area contributed by atoms with Crippen molar-refractivity contribution >= 4 is 29.3 Å². The van der Waals surface area contributed by atoms with E-state index in [1.54, 1.807) is 24.3 Å². The average Bonchev–Trinajstić information content (AvgIpc) is 3.57. The Balaban J connectivity index is 1.10. The summed E-state index contributed by atoms with van der Waals surface area (Å²) in [7, 11) is 4.08. The lowest BCUT2D eigenvalue weighted by Gasteiger charge is -2.34. The molecular formula is C33H42N8O4. The second-order valence-corrected chi connectivity index (χ2v) is 12.2. The molecule has 4 heterocycles. The maximum atomic E-state index is 12.9. The number of hydrogen-bond donors (Lipinski definition) is 2. The van der Waals surface area contributed by atoms with Crippen LogP contribution in [0.2, 0.25) is 0 Å². The number of amides is 3. The van der Waals surface area contributed by atoms with Gasteiger partial charge >= 0.3 is 6.03 Å². The third kappa shape index (κ3) is 7.41. The molecule has 3 aliphatic rings. The van der Waals surface area contributed by atoms with E-state index in [9.17, 15) is 9.59 Å². The number of ether oxygens (including phenoxy) is 2. The Hall–Kier alpha value is -4.13. The number of nitrogens with zero attached hydrogens (tertiary/aromatic N) is 6. The summed E-state index contributed by atoms with van der Waals surface area (Å²) in [5, 5.41) is 5.73. The van der Waals surface area contributed by atoms with Gasteiger partial charge in [0, 0.05) is 67.3 Å². The minimum absolute atomic E-state index is 0.0140. The summed E-state index contributed by atoms with van der Waals surface area (Å²) in [5.74, 6) is 2.31. The number of morpholine rings is 1. The molecule has 2 N–H and O–H groups in total. The maximum absolute atomic E-state index is 12.9. The van der Waals surface area contributed by atoms with E-state index in [0.717, 1.165) is 50.3 Å². The van der Waals surface area contributed by atoms with E-state index < -0.39 is 0 Å². The van der Waals surface area contributed by atoms with Crippen LogP contribution in [-0.2, 0) is 9.47 Å². The summed E-state index contributed by atoms with van der Waals surface area (Å²) < 4.78 is 11.2. The summed E-state index contributed by atoms with van der Waals surface area (Å²) in [5.41, 5.74) is 2.69. The number of carbonyl (C=O) groups is 2. The Morgan fingerprint density at radius 1 is 0.844 bits per heavy atom. The minimum atomic E-state index is -0.374. The van der Waals surface area contributed by atoms with Gasteiger partial charge in [-0.15, -0.1) is 0 Å². The first-order valence-corrected chi connectivity index (χ1v) is 15.8. The van der Waals surface area contributed by atoms with Crippen molar-refractivity contribution in [3.63, 3.8) is 0 Å². The van der Waals surface area contributed by atoms with Gasteiger partial charge < -0.3 is 34.8 Å². The van der Waals surface area contributed by atoms with Crippen molar-refractivity contribution in [2.24, 2.45) is 0 Å². The van der Waals surface area contributed by atoms with Crippen molar-refractivity contribution < 1.29 is 19.1 Å². The summed E-state index contributed by atoms with van der Waals surface area (Å²) in [4.78, 5) is 46.6. The van der Waals surface area contributed by atoms with Crippen LogP contribution in [0.25, 0.3) is 11.4 Å². The quantitative estimate of drug-likeness (QED) is 0.405. The van der Waals surface area contributed by atoms with E-state index >= 15 is 0 Å². The van der Waals surface area contributed by atoms with Gasteiger partial charge in [-0.25, -0.2) is 9.78 Å². The van der Waals surface area contributed by atoms with Gasteiger partial charge in [-0.1, -0.05) is 0 Å². The molecule has 0 bridgehead atoms. The van der Waals surface area contributed by atoms with Crippen LogP contribution in [0, 0.1) is 0 Å². The second-order valence-electron chi connectivity index (χ2n) is 12.2. The molecule has 45 heavy (non-hydrogen) atoms. The summed E-state index contributed by atoms with van der Waals surface area (Å²) in [6.07, 6.45) is 2.74. The van der Waals surface area contributed by atoms with Crippen LogP contribution in [0.5, 0.6) is 0 Å². The number of aromatic nitrogens is 3.